The van der Waals surface area contributed by atoms with Gasteiger partial charge in [0.25, 0.3) is 5.91 Å². The number of benzene rings is 3. The molecule has 0 aromatic heterocycles. The predicted molar refractivity (Wildman–Crippen MR) is 103 cm³/mol. The van der Waals surface area contributed by atoms with Crippen molar-refractivity contribution in [1.29, 1.82) is 0 Å². The second-order valence-corrected chi connectivity index (χ2v) is 6.98. The molecule has 4 rings (SSSR count). The fourth-order valence-corrected chi connectivity index (χ4v) is 3.53. The largest absolute Gasteiger partial charge is 0.325 e. The van der Waals surface area contributed by atoms with Crippen molar-refractivity contribution in [1.82, 2.24) is 0 Å². The summed E-state index contributed by atoms with van der Waals surface area (Å²) in [6, 6.07) is 21.9. The molecule has 0 heterocycles. The van der Waals surface area contributed by atoms with Crippen LogP contribution in [0.1, 0.15) is 41.6 Å². The van der Waals surface area contributed by atoms with E-state index in [-0.39, 0.29) is 11.4 Å². The van der Waals surface area contributed by atoms with Gasteiger partial charge in [-0.2, -0.15) is 0 Å². The fourth-order valence-electron chi connectivity index (χ4n) is 3.53. The third-order valence-corrected chi connectivity index (χ3v) is 5.33. The number of nitrogens with one attached hydrogen (secondary N) is 1. The molecule has 126 valence electrons. The highest BCUT2D eigenvalue weighted by Crippen LogP contribution is 2.51. The van der Waals surface area contributed by atoms with Gasteiger partial charge in [-0.05, 0) is 53.4 Å². The van der Waals surface area contributed by atoms with Crippen LogP contribution in [0.3, 0.4) is 0 Å². The monoisotopic (exact) mass is 330 g/mol. The first kappa shape index (κ1) is 15.9. The molecule has 1 saturated carbocycles. The lowest BCUT2D eigenvalue weighted by Gasteiger charge is -2.11. The van der Waals surface area contributed by atoms with Crippen molar-refractivity contribution >= 4 is 22.4 Å². The van der Waals surface area contributed by atoms with Gasteiger partial charge in [-0.25, -0.2) is 0 Å². The van der Waals surface area contributed by atoms with Crippen LogP contribution in [-0.4, -0.2) is 11.4 Å². The summed E-state index contributed by atoms with van der Waals surface area (Å²) in [5, 5.41) is 5.21. The minimum absolute atomic E-state index is 0.0685. The normalized spacial score (nSPS) is 21.9. The lowest BCUT2D eigenvalue weighted by atomic mass is 10.0. The van der Waals surface area contributed by atoms with E-state index in [2.05, 4.69) is 18.3 Å². The summed E-state index contributed by atoms with van der Waals surface area (Å²) in [4.78, 5) is 12.6. The van der Waals surface area contributed by atoms with Crippen LogP contribution in [0, 0.1) is 0 Å². The zero-order chi connectivity index (χ0) is 17.4. The quantitative estimate of drug-likeness (QED) is 0.729. The van der Waals surface area contributed by atoms with Crippen LogP contribution >= 0.6 is 0 Å². The number of hydrogen-bond acceptors (Lipinski definition) is 2. The Morgan fingerprint density at radius 2 is 1.88 bits per heavy atom. The number of hydrogen-bond donors (Lipinski definition) is 2. The molecule has 1 aliphatic carbocycles. The summed E-state index contributed by atoms with van der Waals surface area (Å²) in [5.41, 5.74) is 8.95. The summed E-state index contributed by atoms with van der Waals surface area (Å²) in [6.07, 6.45) is 2.00. The molecule has 1 fully saturated rings. The van der Waals surface area contributed by atoms with E-state index in [1.54, 1.807) is 0 Å². The molecule has 1 amide bonds. The van der Waals surface area contributed by atoms with Crippen molar-refractivity contribution < 1.29 is 4.79 Å². The second-order valence-electron chi connectivity index (χ2n) is 6.98. The maximum absolute atomic E-state index is 12.6. The fraction of sp³-hybridized carbons (Fsp3) is 0.227. The lowest BCUT2D eigenvalue weighted by molar-refractivity contribution is 0.102. The Balaban J connectivity index is 1.54. The molecule has 3 aromatic rings. The summed E-state index contributed by atoms with van der Waals surface area (Å²) >= 11 is 0. The zero-order valence-electron chi connectivity index (χ0n) is 14.3. The van der Waals surface area contributed by atoms with Crippen molar-refractivity contribution in [2.75, 3.05) is 5.32 Å². The van der Waals surface area contributed by atoms with Gasteiger partial charge in [0.15, 0.2) is 0 Å². The number of anilines is 1. The van der Waals surface area contributed by atoms with E-state index >= 15 is 0 Å². The van der Waals surface area contributed by atoms with Crippen LogP contribution in [0.15, 0.2) is 66.7 Å². The standard InChI is InChI=1S/C22H22N2O/c1-2-22(23)14-20(22)17-8-5-9-19(13-17)24-21(25)18-11-10-15-6-3-4-7-16(15)12-18/h3-13,20H,2,14,23H2,1H3,(H,24,25). The van der Waals surface area contributed by atoms with Gasteiger partial charge in [-0.15, -0.1) is 0 Å². The first-order chi connectivity index (χ1) is 12.1. The van der Waals surface area contributed by atoms with Gasteiger partial charge in [0.2, 0.25) is 0 Å². The van der Waals surface area contributed by atoms with Crippen molar-refractivity contribution in [3.63, 3.8) is 0 Å². The van der Waals surface area contributed by atoms with Crippen LogP contribution in [0.2, 0.25) is 0 Å². The molecule has 0 spiro atoms. The topological polar surface area (TPSA) is 55.1 Å². The first-order valence-corrected chi connectivity index (χ1v) is 8.78. The van der Waals surface area contributed by atoms with E-state index in [0.717, 1.165) is 29.3 Å². The second kappa shape index (κ2) is 6.01. The van der Waals surface area contributed by atoms with Gasteiger partial charge < -0.3 is 11.1 Å². The molecular weight excluding hydrogens is 308 g/mol. The summed E-state index contributed by atoms with van der Waals surface area (Å²) in [7, 11) is 0. The maximum Gasteiger partial charge on any atom is 0.255 e. The van der Waals surface area contributed by atoms with Crippen LogP contribution in [0.25, 0.3) is 10.8 Å². The highest BCUT2D eigenvalue weighted by molar-refractivity contribution is 6.06. The molecule has 0 bridgehead atoms. The molecule has 25 heavy (non-hydrogen) atoms. The van der Waals surface area contributed by atoms with Gasteiger partial charge in [0.05, 0.1) is 0 Å². The number of fused-ring (bicyclic) bond motifs is 1. The Hall–Kier alpha value is -2.65. The van der Waals surface area contributed by atoms with Crippen molar-refractivity contribution in [3.8, 4) is 0 Å². The smallest absolute Gasteiger partial charge is 0.255 e. The number of nitrogens with two attached hydrogens (primary N) is 1. The third kappa shape index (κ3) is 3.03. The number of carbonyl (C=O) groups excluding carboxylic acids is 1. The van der Waals surface area contributed by atoms with E-state index < -0.39 is 0 Å². The number of carbonyl (C=O) groups is 1. The molecular formula is C22H22N2O. The Morgan fingerprint density at radius 1 is 1.08 bits per heavy atom. The summed E-state index contributed by atoms with van der Waals surface area (Å²) in [6.45, 7) is 2.13. The molecule has 3 heteroatoms. The molecule has 3 aromatic carbocycles. The Labute approximate surface area is 147 Å². The Morgan fingerprint density at radius 3 is 2.64 bits per heavy atom. The van der Waals surface area contributed by atoms with Crippen LogP contribution in [-0.2, 0) is 0 Å². The molecule has 2 atom stereocenters. The lowest BCUT2D eigenvalue weighted by Crippen LogP contribution is -2.22. The van der Waals surface area contributed by atoms with Crippen molar-refractivity contribution in [2.24, 2.45) is 5.73 Å². The van der Waals surface area contributed by atoms with Gasteiger partial charge in [0.1, 0.15) is 0 Å². The van der Waals surface area contributed by atoms with E-state index in [9.17, 15) is 4.79 Å². The SMILES string of the molecule is CCC1(N)CC1c1cccc(NC(=O)c2ccc3ccccc3c2)c1. The highest BCUT2D eigenvalue weighted by Gasteiger charge is 2.49. The predicted octanol–water partition coefficient (Wildman–Crippen LogP) is 4.69. The van der Waals surface area contributed by atoms with Gasteiger partial charge in [-0.3, -0.25) is 4.79 Å². The average molecular weight is 330 g/mol. The minimum atomic E-state index is -0.0896. The molecule has 3 nitrogen and oxygen atoms in total. The van der Waals surface area contributed by atoms with Crippen molar-refractivity contribution in [3.05, 3.63) is 77.9 Å². The first-order valence-electron chi connectivity index (χ1n) is 8.78. The highest BCUT2D eigenvalue weighted by atomic mass is 16.1. The molecule has 1 aliphatic rings. The van der Waals surface area contributed by atoms with E-state index in [1.165, 1.54) is 5.56 Å². The summed E-state index contributed by atoms with van der Waals surface area (Å²) < 4.78 is 0. The molecule has 0 saturated heterocycles. The van der Waals surface area contributed by atoms with Gasteiger partial charge in [-0.1, -0.05) is 49.4 Å². The molecule has 2 unspecified atom stereocenters. The molecule has 0 radical (unpaired) electrons. The maximum atomic E-state index is 12.6. The van der Waals surface area contributed by atoms with Gasteiger partial charge >= 0.3 is 0 Å². The average Bonchev–Trinajstić information content (AvgIpc) is 3.34. The van der Waals surface area contributed by atoms with E-state index in [0.29, 0.717) is 11.5 Å². The molecule has 0 aliphatic heterocycles. The summed E-state index contributed by atoms with van der Waals surface area (Å²) in [5.74, 6) is 0.309. The van der Waals surface area contributed by atoms with E-state index in [1.807, 2.05) is 60.7 Å². The zero-order valence-corrected chi connectivity index (χ0v) is 14.3. The van der Waals surface area contributed by atoms with Crippen LogP contribution < -0.4 is 11.1 Å². The number of rotatable bonds is 4. The third-order valence-electron chi connectivity index (χ3n) is 5.33. The van der Waals surface area contributed by atoms with Crippen LogP contribution in [0.5, 0.6) is 0 Å². The van der Waals surface area contributed by atoms with Gasteiger partial charge in [0, 0.05) is 22.7 Å². The number of amides is 1. The Bertz CT molecular complexity index is 949. The van der Waals surface area contributed by atoms with E-state index in [4.69, 9.17) is 5.73 Å². The van der Waals surface area contributed by atoms with Crippen molar-refractivity contribution in [2.45, 2.75) is 31.2 Å². The molecule has 3 N–H and O–H groups in total. The van der Waals surface area contributed by atoms with Crippen LogP contribution in [0.4, 0.5) is 5.69 Å². The Kier molecular flexibility index (Phi) is 3.81. The minimum Gasteiger partial charge on any atom is -0.325 e.